The number of hydroxylamine groups is 1. The number of fused-ring (bicyclic) bond motifs is 1. The summed E-state index contributed by atoms with van der Waals surface area (Å²) in [7, 11) is 0. The van der Waals surface area contributed by atoms with E-state index in [-0.39, 0.29) is 24.4 Å². The van der Waals surface area contributed by atoms with Crippen molar-refractivity contribution < 1.29 is 23.5 Å². The van der Waals surface area contributed by atoms with Crippen LogP contribution in [0.25, 0.3) is 10.9 Å². The van der Waals surface area contributed by atoms with Gasteiger partial charge < -0.3 is 9.30 Å². The number of hydrogen-bond acceptors (Lipinski definition) is 4. The minimum Gasteiger partial charge on any atom is -0.372 e. The van der Waals surface area contributed by atoms with E-state index in [4.69, 9.17) is 4.74 Å². The number of rotatable bonds is 7. The van der Waals surface area contributed by atoms with Crippen molar-refractivity contribution >= 4 is 16.8 Å². The van der Waals surface area contributed by atoms with Crippen LogP contribution in [0.2, 0.25) is 0 Å². The van der Waals surface area contributed by atoms with Crippen LogP contribution in [0.15, 0.2) is 67.0 Å². The van der Waals surface area contributed by atoms with Gasteiger partial charge in [0.25, 0.3) is 5.91 Å². The molecule has 0 atom stereocenters. The number of carbonyl (C=O) groups excluding carboxylic acids is 1. The number of amides is 1. The maximum absolute atomic E-state index is 14.3. The second kappa shape index (κ2) is 9.03. The van der Waals surface area contributed by atoms with Gasteiger partial charge in [0.05, 0.1) is 31.5 Å². The average molecular weight is 423 g/mol. The second-order valence-corrected chi connectivity index (χ2v) is 6.96. The van der Waals surface area contributed by atoms with Crippen molar-refractivity contribution in [3.63, 3.8) is 0 Å². The molecule has 2 heterocycles. The highest BCUT2D eigenvalue weighted by atomic mass is 19.1. The molecule has 0 bridgehead atoms. The fraction of sp³-hybridized carbons (Fsp3) is 0.130. The van der Waals surface area contributed by atoms with Crippen molar-refractivity contribution in [1.82, 2.24) is 15.0 Å². The molecule has 158 valence electrons. The summed E-state index contributed by atoms with van der Waals surface area (Å²) in [5.74, 6) is -2.19. The maximum atomic E-state index is 14.3. The molecule has 2 aromatic carbocycles. The summed E-state index contributed by atoms with van der Waals surface area (Å²) >= 11 is 0. The average Bonchev–Trinajstić information content (AvgIpc) is 3.09. The van der Waals surface area contributed by atoms with E-state index in [0.717, 1.165) is 17.7 Å². The molecule has 4 aromatic rings. The Morgan fingerprint density at radius 1 is 1.10 bits per heavy atom. The van der Waals surface area contributed by atoms with Gasteiger partial charge in [-0.25, -0.2) is 14.3 Å². The molecule has 0 saturated carbocycles. The molecule has 4 rings (SSSR count). The molecule has 8 heteroatoms. The molecule has 1 amide bonds. The quantitative estimate of drug-likeness (QED) is 0.345. The van der Waals surface area contributed by atoms with Crippen LogP contribution >= 0.6 is 0 Å². The van der Waals surface area contributed by atoms with E-state index in [0.29, 0.717) is 23.1 Å². The molecule has 6 nitrogen and oxygen atoms in total. The van der Waals surface area contributed by atoms with Gasteiger partial charge in [0.15, 0.2) is 0 Å². The third kappa shape index (κ3) is 4.30. The van der Waals surface area contributed by atoms with Gasteiger partial charge in [-0.3, -0.25) is 15.0 Å². The van der Waals surface area contributed by atoms with Crippen LogP contribution in [0.5, 0.6) is 0 Å². The highest BCUT2D eigenvalue weighted by Crippen LogP contribution is 2.28. The van der Waals surface area contributed by atoms with E-state index in [1.165, 1.54) is 10.6 Å². The maximum Gasteiger partial charge on any atom is 0.291 e. The number of carbonyl (C=O) groups is 1. The zero-order valence-electron chi connectivity index (χ0n) is 16.4. The Labute approximate surface area is 176 Å². The Hall–Kier alpha value is -3.62. The molecular formula is C23H19F2N3O3. The topological polar surface area (TPSA) is 76.4 Å². The lowest BCUT2D eigenvalue weighted by atomic mass is 10.1. The van der Waals surface area contributed by atoms with Gasteiger partial charge in [0.2, 0.25) is 0 Å². The highest BCUT2D eigenvalue weighted by molar-refractivity contribution is 6.01. The molecule has 2 N–H and O–H groups in total. The minimum absolute atomic E-state index is 0.0598. The monoisotopic (exact) mass is 423 g/mol. The third-order valence-corrected chi connectivity index (χ3v) is 4.99. The zero-order valence-corrected chi connectivity index (χ0v) is 16.4. The minimum atomic E-state index is -0.767. The van der Waals surface area contributed by atoms with Gasteiger partial charge in [-0.1, -0.05) is 36.4 Å². The normalized spacial score (nSPS) is 11.1. The van der Waals surface area contributed by atoms with Crippen LogP contribution in [-0.2, 0) is 24.5 Å². The molecule has 0 saturated heterocycles. The van der Waals surface area contributed by atoms with Crippen molar-refractivity contribution in [3.05, 3.63) is 101 Å². The summed E-state index contributed by atoms with van der Waals surface area (Å²) in [6.45, 7) is 0.345. The van der Waals surface area contributed by atoms with Gasteiger partial charge in [0, 0.05) is 28.8 Å². The number of benzene rings is 2. The first-order chi connectivity index (χ1) is 15.1. The molecule has 0 unspecified atom stereocenters. The van der Waals surface area contributed by atoms with E-state index in [1.54, 1.807) is 23.9 Å². The standard InChI is InChI=1S/C23H19F2N3O3/c24-17-7-6-16(20(25)10-17)12-28-21-11-26-9-8-18(21)19(22(28)23(29)27-30)14-31-13-15-4-2-1-3-5-15/h1-11,30H,12-14H2,(H,27,29). The fourth-order valence-corrected chi connectivity index (χ4v) is 3.56. The smallest absolute Gasteiger partial charge is 0.291 e. The van der Waals surface area contributed by atoms with Crippen LogP contribution < -0.4 is 5.48 Å². The fourth-order valence-electron chi connectivity index (χ4n) is 3.56. The number of pyridine rings is 1. The summed E-state index contributed by atoms with van der Waals surface area (Å²) in [6.07, 6.45) is 3.12. The predicted octanol–water partition coefficient (Wildman–Crippen LogP) is 4.20. The summed E-state index contributed by atoms with van der Waals surface area (Å²) in [5, 5.41) is 10.0. The second-order valence-electron chi connectivity index (χ2n) is 6.96. The third-order valence-electron chi connectivity index (χ3n) is 4.99. The molecule has 0 aliphatic rings. The summed E-state index contributed by atoms with van der Waals surface area (Å²) < 4.78 is 35.0. The molecule has 0 aliphatic heterocycles. The molecular weight excluding hydrogens is 404 g/mol. The van der Waals surface area contributed by atoms with Crippen LogP contribution in [0.3, 0.4) is 0 Å². The number of aromatic nitrogens is 2. The van der Waals surface area contributed by atoms with Gasteiger partial charge in [-0.2, -0.15) is 0 Å². The van der Waals surface area contributed by atoms with Crippen molar-refractivity contribution in [2.45, 2.75) is 19.8 Å². The van der Waals surface area contributed by atoms with Crippen molar-refractivity contribution in [2.75, 3.05) is 0 Å². The first kappa shape index (κ1) is 20.6. The van der Waals surface area contributed by atoms with Gasteiger partial charge in [-0.15, -0.1) is 0 Å². The summed E-state index contributed by atoms with van der Waals surface area (Å²) in [5.41, 5.74) is 4.01. The Morgan fingerprint density at radius 3 is 2.65 bits per heavy atom. The SMILES string of the molecule is O=C(NO)c1c(COCc2ccccc2)c2ccncc2n1Cc1ccc(F)cc1F. The number of hydrogen-bond donors (Lipinski definition) is 2. The largest absolute Gasteiger partial charge is 0.372 e. The zero-order chi connectivity index (χ0) is 21.8. The number of halogens is 2. The van der Waals surface area contributed by atoms with Crippen molar-refractivity contribution in [2.24, 2.45) is 0 Å². The Kier molecular flexibility index (Phi) is 6.01. The van der Waals surface area contributed by atoms with Gasteiger partial charge >= 0.3 is 0 Å². The van der Waals surface area contributed by atoms with E-state index < -0.39 is 17.5 Å². The first-order valence-corrected chi connectivity index (χ1v) is 9.53. The predicted molar refractivity (Wildman–Crippen MR) is 109 cm³/mol. The van der Waals surface area contributed by atoms with Crippen LogP contribution in [0.4, 0.5) is 8.78 Å². The summed E-state index contributed by atoms with van der Waals surface area (Å²) in [4.78, 5) is 16.7. The number of ether oxygens (including phenoxy) is 1. The van der Waals surface area contributed by atoms with Crippen LogP contribution in [0.1, 0.15) is 27.2 Å². The first-order valence-electron chi connectivity index (χ1n) is 9.53. The van der Waals surface area contributed by atoms with E-state index in [2.05, 4.69) is 4.98 Å². The Bertz CT molecular complexity index is 1230. The molecule has 0 spiro atoms. The van der Waals surface area contributed by atoms with Crippen LogP contribution in [-0.4, -0.2) is 20.7 Å². The van der Waals surface area contributed by atoms with E-state index >= 15 is 0 Å². The van der Waals surface area contributed by atoms with Gasteiger partial charge in [0.1, 0.15) is 17.3 Å². The number of nitrogens with zero attached hydrogens (tertiary/aromatic N) is 2. The molecule has 0 radical (unpaired) electrons. The molecule has 0 aliphatic carbocycles. The Balaban J connectivity index is 1.75. The highest BCUT2D eigenvalue weighted by Gasteiger charge is 2.23. The number of nitrogens with one attached hydrogen (secondary N) is 1. The van der Waals surface area contributed by atoms with Crippen LogP contribution in [0, 0.1) is 11.6 Å². The lowest BCUT2D eigenvalue weighted by Crippen LogP contribution is -2.24. The summed E-state index contributed by atoms with van der Waals surface area (Å²) in [6, 6.07) is 14.5. The van der Waals surface area contributed by atoms with Crippen molar-refractivity contribution in [1.29, 1.82) is 0 Å². The van der Waals surface area contributed by atoms with Gasteiger partial charge in [-0.05, 0) is 17.7 Å². The van der Waals surface area contributed by atoms with E-state index in [1.807, 2.05) is 30.3 Å². The van der Waals surface area contributed by atoms with E-state index in [9.17, 15) is 18.8 Å². The van der Waals surface area contributed by atoms with Crippen molar-refractivity contribution in [3.8, 4) is 0 Å². The lowest BCUT2D eigenvalue weighted by Gasteiger charge is -2.12. The molecule has 2 aromatic heterocycles. The Morgan fingerprint density at radius 2 is 1.90 bits per heavy atom. The lowest BCUT2D eigenvalue weighted by molar-refractivity contribution is 0.0685. The molecule has 0 fully saturated rings. The molecule has 31 heavy (non-hydrogen) atoms.